The number of benzene rings is 1. The first-order valence-corrected chi connectivity index (χ1v) is 6.47. The number of nitrogens with zero attached hydrogens (tertiary/aromatic N) is 1. The summed E-state index contributed by atoms with van der Waals surface area (Å²) in [7, 11) is 0. The molecule has 2 aromatic rings. The molecule has 0 saturated carbocycles. The zero-order chi connectivity index (χ0) is 11.5. The van der Waals surface area contributed by atoms with Gasteiger partial charge in [0.25, 0.3) is 0 Å². The van der Waals surface area contributed by atoms with Crippen LogP contribution >= 0.6 is 0 Å². The van der Waals surface area contributed by atoms with Gasteiger partial charge in [0.15, 0.2) is 0 Å². The average molecular weight is 227 g/mol. The predicted molar refractivity (Wildman–Crippen MR) is 67.8 cm³/mol. The van der Waals surface area contributed by atoms with Crippen LogP contribution in [0.3, 0.4) is 0 Å². The lowest BCUT2D eigenvalue weighted by molar-refractivity contribution is 0.486. The minimum Gasteiger partial charge on any atom is -0.441 e. The Morgan fingerprint density at radius 2 is 1.65 bits per heavy atom. The molecular weight excluding hydrogens is 210 g/mol. The average Bonchev–Trinajstić information content (AvgIpc) is 2.73. The Morgan fingerprint density at radius 1 is 0.882 bits per heavy atom. The zero-order valence-electron chi connectivity index (χ0n) is 9.98. The van der Waals surface area contributed by atoms with E-state index in [0.29, 0.717) is 0 Å². The van der Waals surface area contributed by atoms with Crippen molar-refractivity contribution in [2.75, 3.05) is 0 Å². The van der Waals surface area contributed by atoms with Crippen molar-refractivity contribution in [1.29, 1.82) is 0 Å². The second-order valence-corrected chi connectivity index (χ2v) is 4.67. The molecule has 2 heteroatoms. The van der Waals surface area contributed by atoms with Crippen LogP contribution in [0.4, 0.5) is 0 Å². The molecule has 1 aliphatic carbocycles. The van der Waals surface area contributed by atoms with Gasteiger partial charge in [-0.05, 0) is 31.4 Å². The van der Waals surface area contributed by atoms with Crippen molar-refractivity contribution in [3.8, 4) is 11.5 Å². The predicted octanol–water partition coefficient (Wildman–Crippen LogP) is 4.00. The van der Waals surface area contributed by atoms with Gasteiger partial charge in [0.05, 0.1) is 5.69 Å². The topological polar surface area (TPSA) is 26.0 Å². The van der Waals surface area contributed by atoms with E-state index >= 15 is 0 Å². The monoisotopic (exact) mass is 227 g/mol. The number of rotatable bonds is 1. The number of aromatic nitrogens is 1. The Balaban J connectivity index is 1.95. The van der Waals surface area contributed by atoms with E-state index in [1.807, 2.05) is 18.2 Å². The molecule has 1 aliphatic rings. The van der Waals surface area contributed by atoms with E-state index in [1.165, 1.54) is 31.4 Å². The molecule has 0 saturated heterocycles. The fourth-order valence-electron chi connectivity index (χ4n) is 2.41. The first kappa shape index (κ1) is 10.6. The SMILES string of the molecule is c1ccc(-c2nc3c(o2)CCCCCC3)cc1. The van der Waals surface area contributed by atoms with E-state index in [2.05, 4.69) is 17.1 Å². The van der Waals surface area contributed by atoms with Crippen LogP contribution in [0.5, 0.6) is 0 Å². The van der Waals surface area contributed by atoms with E-state index in [9.17, 15) is 0 Å². The molecule has 0 amide bonds. The van der Waals surface area contributed by atoms with Crippen LogP contribution in [0.1, 0.15) is 37.1 Å². The molecule has 0 fully saturated rings. The van der Waals surface area contributed by atoms with Gasteiger partial charge in [-0.2, -0.15) is 0 Å². The molecule has 0 unspecified atom stereocenters. The Labute approximate surface area is 102 Å². The van der Waals surface area contributed by atoms with Gasteiger partial charge in [-0.3, -0.25) is 0 Å². The Kier molecular flexibility index (Phi) is 2.95. The molecule has 0 atom stereocenters. The van der Waals surface area contributed by atoms with Crippen LogP contribution in [0.2, 0.25) is 0 Å². The van der Waals surface area contributed by atoms with Crippen LogP contribution in [0.15, 0.2) is 34.7 Å². The largest absolute Gasteiger partial charge is 0.441 e. The smallest absolute Gasteiger partial charge is 0.226 e. The summed E-state index contributed by atoms with van der Waals surface area (Å²) in [5.74, 6) is 1.90. The van der Waals surface area contributed by atoms with Gasteiger partial charge in [0.2, 0.25) is 5.89 Å². The lowest BCUT2D eigenvalue weighted by atomic mass is 10.0. The summed E-state index contributed by atoms with van der Waals surface area (Å²) in [6, 6.07) is 10.2. The van der Waals surface area contributed by atoms with Crippen molar-refractivity contribution < 1.29 is 4.42 Å². The maximum Gasteiger partial charge on any atom is 0.226 e. The summed E-state index contributed by atoms with van der Waals surface area (Å²) < 4.78 is 5.92. The van der Waals surface area contributed by atoms with E-state index < -0.39 is 0 Å². The fourth-order valence-corrected chi connectivity index (χ4v) is 2.41. The van der Waals surface area contributed by atoms with Gasteiger partial charge in [0.1, 0.15) is 5.76 Å². The summed E-state index contributed by atoms with van der Waals surface area (Å²) in [4.78, 5) is 4.66. The second-order valence-electron chi connectivity index (χ2n) is 4.67. The standard InChI is InChI=1S/C15H17NO/c1-2-7-11-14-13(10-6-1)16-15(17-14)12-8-4-3-5-9-12/h3-5,8-9H,1-2,6-7,10-11H2. The minimum absolute atomic E-state index is 0.789. The van der Waals surface area contributed by atoms with Crippen molar-refractivity contribution in [2.24, 2.45) is 0 Å². The highest BCUT2D eigenvalue weighted by Crippen LogP contribution is 2.26. The van der Waals surface area contributed by atoms with Gasteiger partial charge in [-0.15, -0.1) is 0 Å². The van der Waals surface area contributed by atoms with Crippen molar-refractivity contribution in [3.63, 3.8) is 0 Å². The summed E-state index contributed by atoms with van der Waals surface area (Å²) in [6.45, 7) is 0. The van der Waals surface area contributed by atoms with Crippen molar-refractivity contribution in [3.05, 3.63) is 41.8 Å². The van der Waals surface area contributed by atoms with E-state index in [4.69, 9.17) is 4.42 Å². The normalized spacial score (nSPS) is 16.0. The molecule has 0 spiro atoms. The maximum absolute atomic E-state index is 5.92. The zero-order valence-corrected chi connectivity index (χ0v) is 9.98. The quantitative estimate of drug-likeness (QED) is 0.736. The third kappa shape index (κ3) is 2.26. The lowest BCUT2D eigenvalue weighted by Gasteiger charge is -2.05. The summed E-state index contributed by atoms with van der Waals surface area (Å²) in [5.41, 5.74) is 2.27. The minimum atomic E-state index is 0.789. The van der Waals surface area contributed by atoms with Crippen LogP contribution in [-0.2, 0) is 12.8 Å². The number of hydrogen-bond donors (Lipinski definition) is 0. The van der Waals surface area contributed by atoms with E-state index in [-0.39, 0.29) is 0 Å². The van der Waals surface area contributed by atoms with Crippen molar-refractivity contribution in [1.82, 2.24) is 4.98 Å². The van der Waals surface area contributed by atoms with Crippen LogP contribution in [0.25, 0.3) is 11.5 Å². The van der Waals surface area contributed by atoms with E-state index in [0.717, 1.165) is 30.1 Å². The van der Waals surface area contributed by atoms with Crippen LogP contribution < -0.4 is 0 Å². The molecule has 1 aromatic heterocycles. The second kappa shape index (κ2) is 4.74. The van der Waals surface area contributed by atoms with Crippen molar-refractivity contribution >= 4 is 0 Å². The lowest BCUT2D eigenvalue weighted by Crippen LogP contribution is -1.97. The highest BCUT2D eigenvalue weighted by Gasteiger charge is 2.15. The first-order chi connectivity index (χ1) is 8.43. The number of aryl methyl sites for hydroxylation is 2. The highest BCUT2D eigenvalue weighted by molar-refractivity contribution is 5.53. The highest BCUT2D eigenvalue weighted by atomic mass is 16.4. The van der Waals surface area contributed by atoms with Gasteiger partial charge >= 0.3 is 0 Å². The molecule has 1 heterocycles. The van der Waals surface area contributed by atoms with E-state index in [1.54, 1.807) is 0 Å². The third-order valence-corrected chi connectivity index (χ3v) is 3.37. The molecule has 2 nitrogen and oxygen atoms in total. The Hall–Kier alpha value is -1.57. The molecule has 17 heavy (non-hydrogen) atoms. The number of hydrogen-bond acceptors (Lipinski definition) is 2. The molecule has 0 N–H and O–H groups in total. The Morgan fingerprint density at radius 3 is 2.47 bits per heavy atom. The first-order valence-electron chi connectivity index (χ1n) is 6.47. The fraction of sp³-hybridized carbons (Fsp3) is 0.400. The number of fused-ring (bicyclic) bond motifs is 1. The van der Waals surface area contributed by atoms with Gasteiger partial charge in [0, 0.05) is 12.0 Å². The summed E-state index contributed by atoms with van der Waals surface area (Å²) in [6.07, 6.45) is 7.25. The van der Waals surface area contributed by atoms with Crippen LogP contribution in [0, 0.1) is 0 Å². The molecule has 0 bridgehead atoms. The van der Waals surface area contributed by atoms with Crippen molar-refractivity contribution in [2.45, 2.75) is 38.5 Å². The molecule has 0 radical (unpaired) electrons. The summed E-state index contributed by atoms with van der Waals surface area (Å²) in [5, 5.41) is 0. The van der Waals surface area contributed by atoms with Gasteiger partial charge < -0.3 is 4.42 Å². The third-order valence-electron chi connectivity index (χ3n) is 3.37. The van der Waals surface area contributed by atoms with Gasteiger partial charge in [-0.1, -0.05) is 31.0 Å². The summed E-state index contributed by atoms with van der Waals surface area (Å²) >= 11 is 0. The molecule has 1 aromatic carbocycles. The number of oxazole rings is 1. The molecule has 0 aliphatic heterocycles. The Bertz CT molecular complexity index is 461. The molecule has 3 rings (SSSR count). The molecule has 88 valence electrons. The molecular formula is C15H17NO. The van der Waals surface area contributed by atoms with Crippen LogP contribution in [-0.4, -0.2) is 4.98 Å². The maximum atomic E-state index is 5.92. The van der Waals surface area contributed by atoms with Gasteiger partial charge in [-0.25, -0.2) is 4.98 Å².